The number of aromatic hydroxyl groups is 1. The van der Waals surface area contributed by atoms with Gasteiger partial charge in [-0.1, -0.05) is 12.8 Å². The number of phenols is 1. The molecule has 24 heavy (non-hydrogen) atoms. The Balaban J connectivity index is 1.52. The first-order valence-corrected chi connectivity index (χ1v) is 9.06. The first-order valence-electron chi connectivity index (χ1n) is 9.06. The average Bonchev–Trinajstić information content (AvgIpc) is 2.55. The summed E-state index contributed by atoms with van der Waals surface area (Å²) in [7, 11) is 0. The number of aliphatic hydroxyl groups is 1. The number of carbonyl (C=O) groups excluding carboxylic acids is 1. The van der Waals surface area contributed by atoms with Crippen LogP contribution in [0.3, 0.4) is 0 Å². The van der Waals surface area contributed by atoms with Gasteiger partial charge in [0.1, 0.15) is 5.75 Å². The fourth-order valence-electron chi connectivity index (χ4n) is 4.06. The molecule has 1 saturated heterocycles. The van der Waals surface area contributed by atoms with Crippen molar-refractivity contribution in [3.63, 3.8) is 0 Å². The molecule has 1 aromatic rings. The van der Waals surface area contributed by atoms with Crippen molar-refractivity contribution in [2.45, 2.75) is 63.6 Å². The molecule has 2 fully saturated rings. The normalized spacial score (nSPS) is 26.2. The third kappa shape index (κ3) is 4.08. The van der Waals surface area contributed by atoms with Crippen LogP contribution in [0.5, 0.6) is 5.75 Å². The Morgan fingerprint density at radius 1 is 1.12 bits per heavy atom. The van der Waals surface area contributed by atoms with Crippen LogP contribution in [0.1, 0.15) is 54.4 Å². The smallest absolute Gasteiger partial charge is 0.251 e. The van der Waals surface area contributed by atoms with Crippen molar-refractivity contribution < 1.29 is 15.0 Å². The summed E-state index contributed by atoms with van der Waals surface area (Å²) < 4.78 is 0. The molecule has 5 nitrogen and oxygen atoms in total. The molecule has 132 valence electrons. The van der Waals surface area contributed by atoms with Gasteiger partial charge in [0.15, 0.2) is 0 Å². The molecular formula is C19H28N2O3. The maximum absolute atomic E-state index is 12.4. The summed E-state index contributed by atoms with van der Waals surface area (Å²) in [5.41, 5.74) is 1.39. The average molecular weight is 332 g/mol. The Bertz CT molecular complexity index is 562. The van der Waals surface area contributed by atoms with E-state index >= 15 is 0 Å². The fourth-order valence-corrected chi connectivity index (χ4v) is 4.06. The molecule has 1 saturated carbocycles. The van der Waals surface area contributed by atoms with Gasteiger partial charge in [-0.3, -0.25) is 9.69 Å². The summed E-state index contributed by atoms with van der Waals surface area (Å²) in [4.78, 5) is 14.8. The first kappa shape index (κ1) is 17.2. The molecule has 1 aromatic carbocycles. The molecule has 0 radical (unpaired) electrons. The second kappa shape index (κ2) is 7.53. The molecule has 1 heterocycles. The van der Waals surface area contributed by atoms with Gasteiger partial charge in [-0.25, -0.2) is 0 Å². The predicted molar refractivity (Wildman–Crippen MR) is 93.2 cm³/mol. The molecule has 0 aromatic heterocycles. The number of hydrogen-bond acceptors (Lipinski definition) is 4. The van der Waals surface area contributed by atoms with Gasteiger partial charge in [-0.2, -0.15) is 0 Å². The number of hydrogen-bond donors (Lipinski definition) is 3. The van der Waals surface area contributed by atoms with E-state index in [0.29, 0.717) is 11.6 Å². The van der Waals surface area contributed by atoms with Gasteiger partial charge in [0, 0.05) is 30.7 Å². The van der Waals surface area contributed by atoms with Crippen molar-refractivity contribution in [2.75, 3.05) is 13.1 Å². The second-order valence-corrected chi connectivity index (χ2v) is 7.26. The quantitative estimate of drug-likeness (QED) is 0.793. The molecule has 2 aliphatic rings. The Morgan fingerprint density at radius 2 is 1.83 bits per heavy atom. The van der Waals surface area contributed by atoms with Crippen LogP contribution in [-0.4, -0.2) is 52.3 Å². The monoisotopic (exact) mass is 332 g/mol. The predicted octanol–water partition coefficient (Wildman–Crippen LogP) is 2.20. The van der Waals surface area contributed by atoms with E-state index in [-0.39, 0.29) is 23.8 Å². The van der Waals surface area contributed by atoms with E-state index in [0.717, 1.165) is 50.8 Å². The van der Waals surface area contributed by atoms with E-state index in [9.17, 15) is 15.0 Å². The lowest BCUT2D eigenvalue weighted by Gasteiger charge is -2.41. The highest BCUT2D eigenvalue weighted by Crippen LogP contribution is 2.26. The molecule has 2 atom stereocenters. The van der Waals surface area contributed by atoms with Gasteiger partial charge in [-0.05, 0) is 56.4 Å². The number of amides is 1. The van der Waals surface area contributed by atoms with Gasteiger partial charge in [0.25, 0.3) is 5.91 Å². The molecule has 0 spiro atoms. The van der Waals surface area contributed by atoms with Gasteiger partial charge >= 0.3 is 0 Å². The van der Waals surface area contributed by atoms with Crippen LogP contribution >= 0.6 is 0 Å². The summed E-state index contributed by atoms with van der Waals surface area (Å²) in [5, 5.41) is 22.9. The lowest BCUT2D eigenvalue weighted by molar-refractivity contribution is 0.00727. The third-order valence-corrected chi connectivity index (χ3v) is 5.35. The lowest BCUT2D eigenvalue weighted by Crippen LogP contribution is -2.52. The minimum Gasteiger partial charge on any atom is -0.508 e. The second-order valence-electron chi connectivity index (χ2n) is 7.26. The Hall–Kier alpha value is -1.59. The zero-order valence-electron chi connectivity index (χ0n) is 14.4. The van der Waals surface area contributed by atoms with Crippen LogP contribution in [0.4, 0.5) is 0 Å². The number of rotatable bonds is 3. The van der Waals surface area contributed by atoms with Crippen molar-refractivity contribution in [1.82, 2.24) is 10.2 Å². The Labute approximate surface area is 143 Å². The number of carbonyl (C=O) groups is 1. The van der Waals surface area contributed by atoms with Crippen molar-refractivity contribution in [3.05, 3.63) is 29.3 Å². The van der Waals surface area contributed by atoms with Crippen molar-refractivity contribution in [1.29, 1.82) is 0 Å². The molecule has 1 amide bonds. The number of likely N-dealkylation sites (tertiary alicyclic amines) is 1. The van der Waals surface area contributed by atoms with Crippen molar-refractivity contribution >= 4 is 5.91 Å². The minimum absolute atomic E-state index is 0.120. The van der Waals surface area contributed by atoms with Gasteiger partial charge in [0.05, 0.1) is 6.10 Å². The molecule has 3 rings (SSSR count). The molecule has 3 N–H and O–H groups in total. The maximum atomic E-state index is 12.4. The van der Waals surface area contributed by atoms with E-state index < -0.39 is 0 Å². The summed E-state index contributed by atoms with van der Waals surface area (Å²) in [6.07, 6.45) is 5.96. The Kier molecular flexibility index (Phi) is 5.41. The number of aliphatic hydroxyl groups excluding tert-OH is 1. The van der Waals surface area contributed by atoms with Crippen LogP contribution in [0, 0.1) is 6.92 Å². The van der Waals surface area contributed by atoms with Crippen molar-refractivity contribution in [3.8, 4) is 5.75 Å². The lowest BCUT2D eigenvalue weighted by atomic mass is 9.89. The summed E-state index contributed by atoms with van der Waals surface area (Å²) in [6.45, 7) is 3.71. The third-order valence-electron chi connectivity index (χ3n) is 5.35. The van der Waals surface area contributed by atoms with Crippen LogP contribution in [-0.2, 0) is 0 Å². The van der Waals surface area contributed by atoms with Crippen molar-refractivity contribution in [2.24, 2.45) is 0 Å². The summed E-state index contributed by atoms with van der Waals surface area (Å²) in [5.74, 6) is 0.00593. The fraction of sp³-hybridized carbons (Fsp3) is 0.632. The van der Waals surface area contributed by atoms with Crippen LogP contribution in [0.15, 0.2) is 18.2 Å². The van der Waals surface area contributed by atoms with E-state index in [1.165, 1.54) is 12.5 Å². The highest BCUT2D eigenvalue weighted by molar-refractivity contribution is 5.95. The number of phenolic OH excluding ortho intramolecular Hbond substituents is 1. The van der Waals surface area contributed by atoms with Gasteiger partial charge in [-0.15, -0.1) is 0 Å². The standard InChI is InChI=1S/C19H28N2O3/c1-13-10-14(12-16(22)11-13)19(24)20-15-6-8-21(9-7-15)17-4-2-3-5-18(17)23/h10-12,15,17-18,22-23H,2-9H2,1H3,(H,20,24). The van der Waals surface area contributed by atoms with Gasteiger partial charge in [0.2, 0.25) is 0 Å². The highest BCUT2D eigenvalue weighted by atomic mass is 16.3. The first-order chi connectivity index (χ1) is 11.5. The summed E-state index contributed by atoms with van der Waals surface area (Å²) in [6, 6.07) is 5.41. The topological polar surface area (TPSA) is 72.8 Å². The number of aryl methyl sites for hydroxylation is 1. The minimum atomic E-state index is -0.194. The van der Waals surface area contributed by atoms with Gasteiger partial charge < -0.3 is 15.5 Å². The maximum Gasteiger partial charge on any atom is 0.251 e. The molecule has 1 aliphatic heterocycles. The number of nitrogens with zero attached hydrogens (tertiary/aromatic N) is 1. The number of nitrogens with one attached hydrogen (secondary N) is 1. The van der Waals surface area contributed by atoms with Crippen LogP contribution in [0.2, 0.25) is 0 Å². The zero-order valence-corrected chi connectivity index (χ0v) is 14.4. The van der Waals surface area contributed by atoms with Crippen LogP contribution in [0.25, 0.3) is 0 Å². The SMILES string of the molecule is Cc1cc(O)cc(C(=O)NC2CCN(C3CCCCC3O)CC2)c1. The van der Waals surface area contributed by atoms with E-state index in [2.05, 4.69) is 10.2 Å². The highest BCUT2D eigenvalue weighted by Gasteiger charge is 2.31. The molecular weight excluding hydrogens is 304 g/mol. The molecule has 2 unspecified atom stereocenters. The van der Waals surface area contributed by atoms with E-state index in [4.69, 9.17) is 0 Å². The Morgan fingerprint density at radius 3 is 2.50 bits per heavy atom. The molecule has 0 bridgehead atoms. The molecule has 1 aliphatic carbocycles. The molecule has 5 heteroatoms. The number of piperidine rings is 1. The zero-order chi connectivity index (χ0) is 17.1. The summed E-state index contributed by atoms with van der Waals surface area (Å²) >= 11 is 0. The van der Waals surface area contributed by atoms with Crippen LogP contribution < -0.4 is 5.32 Å². The number of benzene rings is 1. The van der Waals surface area contributed by atoms with E-state index in [1.54, 1.807) is 12.1 Å². The largest absolute Gasteiger partial charge is 0.508 e. The van der Waals surface area contributed by atoms with E-state index in [1.807, 2.05) is 6.92 Å².